The summed E-state index contributed by atoms with van der Waals surface area (Å²) in [4.78, 5) is 4.35. The van der Waals surface area contributed by atoms with Crippen molar-refractivity contribution in [1.82, 2.24) is 5.32 Å². The fourth-order valence-electron chi connectivity index (χ4n) is 1.99. The van der Waals surface area contributed by atoms with Crippen LogP contribution in [0.5, 0.6) is 0 Å². The lowest BCUT2D eigenvalue weighted by Crippen LogP contribution is -2.34. The summed E-state index contributed by atoms with van der Waals surface area (Å²) in [6, 6.07) is 7.87. The Bertz CT molecular complexity index is 419. The highest BCUT2D eigenvalue weighted by Crippen LogP contribution is 2.26. The maximum atomic E-state index is 6.08. The molecule has 1 aliphatic carbocycles. The minimum absolute atomic E-state index is 0. The third-order valence-electron chi connectivity index (χ3n) is 3.40. The van der Waals surface area contributed by atoms with Crippen LogP contribution in [0.1, 0.15) is 24.8 Å². The quantitative estimate of drug-likeness (QED) is 0.458. The lowest BCUT2D eigenvalue weighted by molar-refractivity contribution is 0.326. The van der Waals surface area contributed by atoms with Gasteiger partial charge < -0.3 is 11.1 Å². The van der Waals surface area contributed by atoms with Crippen molar-refractivity contribution in [3.63, 3.8) is 0 Å². The van der Waals surface area contributed by atoms with E-state index in [1.54, 1.807) is 0 Å². The molecule has 1 fully saturated rings. The van der Waals surface area contributed by atoms with Crippen molar-refractivity contribution in [3.8, 4) is 0 Å². The van der Waals surface area contributed by atoms with Crippen LogP contribution in [0.4, 0.5) is 0 Å². The van der Waals surface area contributed by atoms with E-state index >= 15 is 0 Å². The summed E-state index contributed by atoms with van der Waals surface area (Å²) in [6.45, 7) is 1.63. The van der Waals surface area contributed by atoms with Gasteiger partial charge >= 0.3 is 0 Å². The van der Waals surface area contributed by atoms with Gasteiger partial charge in [0.05, 0.1) is 0 Å². The van der Waals surface area contributed by atoms with Crippen molar-refractivity contribution in [2.24, 2.45) is 16.6 Å². The van der Waals surface area contributed by atoms with Crippen LogP contribution in [0.2, 0.25) is 5.02 Å². The second kappa shape index (κ2) is 8.64. The van der Waals surface area contributed by atoms with Gasteiger partial charge in [0.1, 0.15) is 0 Å². The number of nitrogens with two attached hydrogens (primary N) is 1. The summed E-state index contributed by atoms with van der Waals surface area (Å²) in [7, 11) is 0. The Morgan fingerprint density at radius 3 is 2.74 bits per heavy atom. The molecule has 5 heteroatoms. The van der Waals surface area contributed by atoms with Crippen LogP contribution in [0, 0.1) is 5.92 Å². The maximum Gasteiger partial charge on any atom is 0.188 e. The molecule has 3 N–H and O–H groups in total. The molecule has 0 aliphatic heterocycles. The summed E-state index contributed by atoms with van der Waals surface area (Å²) >= 11 is 6.08. The highest BCUT2D eigenvalue weighted by atomic mass is 127. The Hall–Kier alpha value is -0.490. The molecule has 0 amide bonds. The Morgan fingerprint density at radius 2 is 2.11 bits per heavy atom. The van der Waals surface area contributed by atoms with Gasteiger partial charge in [-0.25, -0.2) is 0 Å². The number of hydrogen-bond acceptors (Lipinski definition) is 1. The van der Waals surface area contributed by atoms with E-state index in [0.29, 0.717) is 5.96 Å². The minimum atomic E-state index is 0. The Labute approximate surface area is 137 Å². The first-order valence-corrected chi connectivity index (χ1v) is 6.90. The van der Waals surface area contributed by atoms with Gasteiger partial charge in [-0.15, -0.1) is 24.0 Å². The number of hydrogen-bond donors (Lipinski definition) is 2. The molecule has 106 valence electrons. The smallest absolute Gasteiger partial charge is 0.188 e. The molecule has 3 nitrogen and oxygen atoms in total. The zero-order valence-electron chi connectivity index (χ0n) is 10.9. The summed E-state index contributed by atoms with van der Waals surface area (Å²) < 4.78 is 0. The molecule has 0 saturated heterocycles. The van der Waals surface area contributed by atoms with Crippen LogP contribution < -0.4 is 11.1 Å². The highest BCUT2D eigenvalue weighted by Gasteiger charge is 2.16. The number of benzene rings is 1. The van der Waals surface area contributed by atoms with Crippen LogP contribution in [0.15, 0.2) is 29.3 Å². The number of halogens is 2. The van der Waals surface area contributed by atoms with E-state index in [9.17, 15) is 0 Å². The van der Waals surface area contributed by atoms with Crippen molar-refractivity contribution in [1.29, 1.82) is 0 Å². The lowest BCUT2D eigenvalue weighted by atomic mass is 9.86. The number of rotatable bonds is 5. The minimum Gasteiger partial charge on any atom is -0.370 e. The Morgan fingerprint density at radius 1 is 1.37 bits per heavy atom. The highest BCUT2D eigenvalue weighted by molar-refractivity contribution is 14.0. The van der Waals surface area contributed by atoms with Gasteiger partial charge in [0.15, 0.2) is 5.96 Å². The van der Waals surface area contributed by atoms with Crippen LogP contribution in [-0.4, -0.2) is 19.0 Å². The molecular formula is C14H21ClIN3. The summed E-state index contributed by atoms with van der Waals surface area (Å²) in [6.07, 6.45) is 4.81. The van der Waals surface area contributed by atoms with Gasteiger partial charge in [0.2, 0.25) is 0 Å². The van der Waals surface area contributed by atoms with E-state index in [4.69, 9.17) is 17.3 Å². The van der Waals surface area contributed by atoms with Gasteiger partial charge in [-0.1, -0.05) is 36.2 Å². The first-order chi connectivity index (χ1) is 8.75. The van der Waals surface area contributed by atoms with E-state index in [2.05, 4.69) is 10.3 Å². The second-order valence-electron chi connectivity index (χ2n) is 4.79. The van der Waals surface area contributed by atoms with E-state index in [1.807, 2.05) is 24.3 Å². The fourth-order valence-corrected chi connectivity index (χ4v) is 2.22. The molecule has 0 atom stereocenters. The lowest BCUT2D eigenvalue weighted by Gasteiger charge is -2.23. The van der Waals surface area contributed by atoms with Crippen LogP contribution in [0.25, 0.3) is 0 Å². The van der Waals surface area contributed by atoms with Gasteiger partial charge in [0, 0.05) is 18.1 Å². The molecule has 1 saturated carbocycles. The van der Waals surface area contributed by atoms with Crippen LogP contribution in [0.3, 0.4) is 0 Å². The number of guanidine groups is 1. The zero-order chi connectivity index (χ0) is 12.8. The topological polar surface area (TPSA) is 50.4 Å². The molecule has 0 radical (unpaired) electrons. The molecule has 19 heavy (non-hydrogen) atoms. The monoisotopic (exact) mass is 393 g/mol. The van der Waals surface area contributed by atoms with Gasteiger partial charge in [-0.2, -0.15) is 0 Å². The van der Waals surface area contributed by atoms with Crippen LogP contribution in [-0.2, 0) is 6.42 Å². The molecule has 1 aromatic carbocycles. The van der Waals surface area contributed by atoms with E-state index in [1.165, 1.54) is 19.3 Å². The molecule has 1 aromatic rings. The predicted molar refractivity (Wildman–Crippen MR) is 92.4 cm³/mol. The van der Waals surface area contributed by atoms with Crippen molar-refractivity contribution >= 4 is 41.5 Å². The number of nitrogens with one attached hydrogen (secondary N) is 1. The summed E-state index contributed by atoms with van der Waals surface area (Å²) in [5, 5.41) is 3.94. The summed E-state index contributed by atoms with van der Waals surface area (Å²) in [5.41, 5.74) is 6.95. The molecule has 0 aromatic heterocycles. The van der Waals surface area contributed by atoms with Crippen molar-refractivity contribution in [3.05, 3.63) is 34.9 Å². The van der Waals surface area contributed by atoms with E-state index in [-0.39, 0.29) is 24.0 Å². The molecule has 0 spiro atoms. The van der Waals surface area contributed by atoms with E-state index in [0.717, 1.165) is 36.0 Å². The third-order valence-corrected chi connectivity index (χ3v) is 3.77. The van der Waals surface area contributed by atoms with Crippen molar-refractivity contribution < 1.29 is 0 Å². The van der Waals surface area contributed by atoms with Gasteiger partial charge in [-0.3, -0.25) is 4.99 Å². The standard InChI is InChI=1S/C14H20ClN3.HI/c15-13-7-2-1-6-12(13)8-9-17-14(16)18-10-11-4-3-5-11;/h1-2,6-7,11H,3-5,8-10H2,(H3,16,17,18);1H. The number of aliphatic imine (C=N–C) groups is 1. The van der Waals surface area contributed by atoms with Crippen molar-refractivity contribution in [2.75, 3.05) is 13.1 Å². The third kappa shape index (κ3) is 5.57. The van der Waals surface area contributed by atoms with Crippen LogP contribution >= 0.6 is 35.6 Å². The summed E-state index contributed by atoms with van der Waals surface area (Å²) in [5.74, 6) is 1.31. The van der Waals surface area contributed by atoms with Gasteiger partial charge in [0.25, 0.3) is 0 Å². The zero-order valence-corrected chi connectivity index (χ0v) is 14.0. The molecule has 1 aliphatic rings. The second-order valence-corrected chi connectivity index (χ2v) is 5.20. The maximum absolute atomic E-state index is 6.08. The first-order valence-electron chi connectivity index (χ1n) is 6.53. The number of nitrogens with zero attached hydrogens (tertiary/aromatic N) is 1. The Balaban J connectivity index is 0.00000180. The SMILES string of the molecule is I.NC(=NCC1CCC1)NCCc1ccccc1Cl. The average molecular weight is 394 g/mol. The average Bonchev–Trinajstić information content (AvgIpc) is 2.30. The van der Waals surface area contributed by atoms with Crippen molar-refractivity contribution in [2.45, 2.75) is 25.7 Å². The Kier molecular flexibility index (Phi) is 7.53. The van der Waals surface area contributed by atoms with E-state index < -0.39 is 0 Å². The van der Waals surface area contributed by atoms with Gasteiger partial charge in [-0.05, 0) is 36.8 Å². The normalized spacial score (nSPS) is 15.5. The fraction of sp³-hybridized carbons (Fsp3) is 0.500. The molecule has 0 bridgehead atoms. The molecule has 0 heterocycles. The molecule has 2 rings (SSSR count). The first kappa shape index (κ1) is 16.6. The predicted octanol–water partition coefficient (Wildman–Crippen LogP) is 3.20. The molecule has 0 unspecified atom stereocenters. The largest absolute Gasteiger partial charge is 0.370 e. The molecular weight excluding hydrogens is 373 g/mol.